The first-order valence-electron chi connectivity index (χ1n) is 8.03. The fraction of sp³-hybridized carbons (Fsp3) is 0.316. The minimum atomic E-state index is -0.426. The lowest BCUT2D eigenvalue weighted by Gasteiger charge is -2.21. The number of hydrogen-bond donors (Lipinski definition) is 1. The first kappa shape index (κ1) is 18.4. The van der Waals surface area contributed by atoms with Gasteiger partial charge >= 0.3 is 0 Å². The molecule has 25 heavy (non-hydrogen) atoms. The summed E-state index contributed by atoms with van der Waals surface area (Å²) >= 11 is 0. The fourth-order valence-corrected chi connectivity index (χ4v) is 3.14. The first-order chi connectivity index (χ1) is 11.7. The zero-order valence-corrected chi connectivity index (χ0v) is 15.2. The number of para-hydroxylation sites is 1. The monoisotopic (exact) mass is 341 g/mol. The Morgan fingerprint density at radius 2 is 1.72 bits per heavy atom. The average Bonchev–Trinajstić information content (AvgIpc) is 2.50. The second-order valence-electron chi connectivity index (χ2n) is 6.38. The molecule has 0 aliphatic rings. The number of anilines is 2. The van der Waals surface area contributed by atoms with Crippen molar-refractivity contribution in [3.63, 3.8) is 0 Å². The summed E-state index contributed by atoms with van der Waals surface area (Å²) in [5.41, 5.74) is 5.14. The standard InChI is InChI=1S/C19H23N3O3/c1-12-9-14(3)18(15(4)10-12)20-17(23)11-21(5)19-13(2)7-6-8-16(19)22(24)25/h6-10H,11H2,1-5H3,(H,20,23). The van der Waals surface area contributed by atoms with Crippen LogP contribution in [0.25, 0.3) is 0 Å². The lowest BCUT2D eigenvalue weighted by Crippen LogP contribution is -2.31. The molecule has 2 aromatic rings. The number of nitrogens with one attached hydrogen (secondary N) is 1. The molecule has 0 atom stereocenters. The highest BCUT2D eigenvalue weighted by Gasteiger charge is 2.21. The highest BCUT2D eigenvalue weighted by molar-refractivity contribution is 5.96. The van der Waals surface area contributed by atoms with Gasteiger partial charge in [-0.3, -0.25) is 14.9 Å². The minimum Gasteiger partial charge on any atom is -0.360 e. The molecule has 6 heteroatoms. The maximum atomic E-state index is 12.5. The Morgan fingerprint density at radius 1 is 1.12 bits per heavy atom. The molecular weight excluding hydrogens is 318 g/mol. The molecule has 0 saturated carbocycles. The minimum absolute atomic E-state index is 0.00185. The Balaban J connectivity index is 2.21. The van der Waals surface area contributed by atoms with E-state index in [9.17, 15) is 14.9 Å². The van der Waals surface area contributed by atoms with Crippen LogP contribution in [0.15, 0.2) is 30.3 Å². The molecule has 0 bridgehead atoms. The van der Waals surface area contributed by atoms with E-state index in [1.165, 1.54) is 6.07 Å². The van der Waals surface area contributed by atoms with Gasteiger partial charge in [0.05, 0.1) is 11.5 Å². The van der Waals surface area contributed by atoms with E-state index in [0.717, 1.165) is 27.9 Å². The molecule has 1 amide bonds. The molecule has 0 unspecified atom stereocenters. The Labute approximate surface area is 147 Å². The van der Waals surface area contributed by atoms with E-state index >= 15 is 0 Å². The molecule has 0 fully saturated rings. The summed E-state index contributed by atoms with van der Waals surface area (Å²) in [6.45, 7) is 7.73. The molecule has 6 nitrogen and oxygen atoms in total. The van der Waals surface area contributed by atoms with Gasteiger partial charge in [-0.1, -0.05) is 29.8 Å². The van der Waals surface area contributed by atoms with E-state index in [1.807, 2.05) is 32.9 Å². The van der Waals surface area contributed by atoms with Crippen molar-refractivity contribution in [2.45, 2.75) is 27.7 Å². The van der Waals surface area contributed by atoms with E-state index < -0.39 is 4.92 Å². The number of nitro groups is 1. The van der Waals surface area contributed by atoms with Crippen molar-refractivity contribution in [3.05, 3.63) is 62.7 Å². The molecule has 2 aromatic carbocycles. The normalized spacial score (nSPS) is 10.4. The van der Waals surface area contributed by atoms with Crippen molar-refractivity contribution < 1.29 is 9.72 Å². The zero-order chi connectivity index (χ0) is 18.7. The van der Waals surface area contributed by atoms with Gasteiger partial charge in [0.25, 0.3) is 5.69 Å². The summed E-state index contributed by atoms with van der Waals surface area (Å²) in [5.74, 6) is -0.213. The van der Waals surface area contributed by atoms with Crippen LogP contribution in [0, 0.1) is 37.8 Å². The van der Waals surface area contributed by atoms with Crippen molar-refractivity contribution in [2.24, 2.45) is 0 Å². The maximum absolute atomic E-state index is 12.5. The summed E-state index contributed by atoms with van der Waals surface area (Å²) in [4.78, 5) is 24.9. The van der Waals surface area contributed by atoms with Crippen LogP contribution in [-0.4, -0.2) is 24.4 Å². The highest BCUT2D eigenvalue weighted by atomic mass is 16.6. The van der Waals surface area contributed by atoms with Gasteiger partial charge in [0.2, 0.25) is 5.91 Å². The van der Waals surface area contributed by atoms with E-state index in [1.54, 1.807) is 31.0 Å². The van der Waals surface area contributed by atoms with Crippen LogP contribution in [0.4, 0.5) is 17.1 Å². The quantitative estimate of drug-likeness (QED) is 0.661. The van der Waals surface area contributed by atoms with Crippen molar-refractivity contribution in [2.75, 3.05) is 23.8 Å². The van der Waals surface area contributed by atoms with Gasteiger partial charge in [0, 0.05) is 18.8 Å². The molecule has 1 N–H and O–H groups in total. The highest BCUT2D eigenvalue weighted by Crippen LogP contribution is 2.30. The van der Waals surface area contributed by atoms with Gasteiger partial charge < -0.3 is 10.2 Å². The maximum Gasteiger partial charge on any atom is 0.292 e. The third kappa shape index (κ3) is 4.15. The van der Waals surface area contributed by atoms with Crippen LogP contribution in [0.3, 0.4) is 0 Å². The topological polar surface area (TPSA) is 75.5 Å². The largest absolute Gasteiger partial charge is 0.360 e. The molecule has 0 spiro atoms. The Hall–Kier alpha value is -2.89. The summed E-state index contributed by atoms with van der Waals surface area (Å²) in [7, 11) is 1.68. The van der Waals surface area contributed by atoms with Crippen molar-refractivity contribution >= 4 is 23.0 Å². The molecule has 132 valence electrons. The van der Waals surface area contributed by atoms with Crippen molar-refractivity contribution in [1.82, 2.24) is 0 Å². The average molecular weight is 341 g/mol. The molecule has 0 aliphatic carbocycles. The van der Waals surface area contributed by atoms with Gasteiger partial charge in [-0.15, -0.1) is 0 Å². The van der Waals surface area contributed by atoms with E-state index in [-0.39, 0.29) is 18.1 Å². The van der Waals surface area contributed by atoms with E-state index in [4.69, 9.17) is 0 Å². The second kappa shape index (κ2) is 7.34. The SMILES string of the molecule is Cc1cc(C)c(NC(=O)CN(C)c2c(C)cccc2[N+](=O)[O-])c(C)c1. The van der Waals surface area contributed by atoms with Crippen LogP contribution in [0.2, 0.25) is 0 Å². The molecule has 0 aliphatic heterocycles. The lowest BCUT2D eigenvalue weighted by molar-refractivity contribution is -0.384. The van der Waals surface area contributed by atoms with Crippen molar-refractivity contribution in [1.29, 1.82) is 0 Å². The third-order valence-electron chi connectivity index (χ3n) is 4.12. The number of benzene rings is 2. The number of nitrogens with zero attached hydrogens (tertiary/aromatic N) is 2. The second-order valence-corrected chi connectivity index (χ2v) is 6.38. The van der Waals surface area contributed by atoms with Gasteiger partial charge in [0.15, 0.2) is 0 Å². The number of aryl methyl sites for hydroxylation is 4. The first-order valence-corrected chi connectivity index (χ1v) is 8.03. The number of likely N-dealkylation sites (N-methyl/N-ethyl adjacent to an activating group) is 1. The number of nitro benzene ring substituents is 1. The number of hydrogen-bond acceptors (Lipinski definition) is 4. The Kier molecular flexibility index (Phi) is 5.41. The molecule has 0 heterocycles. The summed E-state index contributed by atoms with van der Waals surface area (Å²) in [6, 6.07) is 8.91. The number of carbonyl (C=O) groups is 1. The number of amides is 1. The molecule has 2 rings (SSSR count). The predicted molar refractivity (Wildman–Crippen MR) is 100 cm³/mol. The summed E-state index contributed by atoms with van der Waals surface area (Å²) < 4.78 is 0. The van der Waals surface area contributed by atoms with Crippen LogP contribution in [-0.2, 0) is 4.79 Å². The van der Waals surface area contributed by atoms with Crippen LogP contribution < -0.4 is 10.2 Å². The predicted octanol–water partition coefficient (Wildman–Crippen LogP) is 3.90. The third-order valence-corrected chi connectivity index (χ3v) is 4.12. The van der Waals surface area contributed by atoms with E-state index in [0.29, 0.717) is 5.69 Å². The van der Waals surface area contributed by atoms with Crippen LogP contribution in [0.1, 0.15) is 22.3 Å². The molecule has 0 saturated heterocycles. The zero-order valence-electron chi connectivity index (χ0n) is 15.2. The van der Waals surface area contributed by atoms with Gasteiger partial charge in [-0.2, -0.15) is 0 Å². The Morgan fingerprint density at radius 3 is 2.28 bits per heavy atom. The summed E-state index contributed by atoms with van der Waals surface area (Å²) in [5, 5.41) is 14.2. The molecule has 0 radical (unpaired) electrons. The smallest absolute Gasteiger partial charge is 0.292 e. The number of carbonyl (C=O) groups excluding carboxylic acids is 1. The van der Waals surface area contributed by atoms with Gasteiger partial charge in [-0.25, -0.2) is 0 Å². The van der Waals surface area contributed by atoms with Crippen LogP contribution >= 0.6 is 0 Å². The fourth-order valence-electron chi connectivity index (χ4n) is 3.14. The molecular formula is C19H23N3O3. The number of rotatable bonds is 5. The van der Waals surface area contributed by atoms with Gasteiger partial charge in [0.1, 0.15) is 5.69 Å². The summed E-state index contributed by atoms with van der Waals surface area (Å²) in [6.07, 6.45) is 0. The Bertz CT molecular complexity index is 808. The van der Waals surface area contributed by atoms with Crippen molar-refractivity contribution in [3.8, 4) is 0 Å². The van der Waals surface area contributed by atoms with E-state index in [2.05, 4.69) is 5.32 Å². The molecule has 0 aromatic heterocycles. The van der Waals surface area contributed by atoms with Gasteiger partial charge in [-0.05, 0) is 44.4 Å². The lowest BCUT2D eigenvalue weighted by atomic mass is 10.1. The van der Waals surface area contributed by atoms with Crippen LogP contribution in [0.5, 0.6) is 0 Å².